The zero-order valence-electron chi connectivity index (χ0n) is 73.9. The minimum atomic E-state index is 0.124. The third kappa shape index (κ3) is 15.8. The maximum atomic E-state index is 4.34. The molecule has 6 aliphatic carbocycles. The molecule has 9 heteroatoms. The van der Waals surface area contributed by atoms with Crippen molar-refractivity contribution in [3.8, 4) is 22.3 Å². The van der Waals surface area contributed by atoms with Crippen LogP contribution in [-0.4, -0.2) is 7.64 Å². The number of aryl methyl sites for hydroxylation is 12. The number of hydrogen-bond donors (Lipinski definition) is 1. The van der Waals surface area contributed by atoms with Crippen molar-refractivity contribution in [2.24, 2.45) is 4.30 Å². The summed E-state index contributed by atoms with van der Waals surface area (Å²) in [5, 5.41) is 0. The molecule has 0 saturated heterocycles. The van der Waals surface area contributed by atoms with Crippen LogP contribution in [0.5, 0.6) is 0 Å². The SMILES string of the molecule is CCCCc1cc(C)c(N(c2ccc(Br)cc2)c2ccc3c(c2)C24CCCC2(CCC4)c2cc(N(c4ccc(Br)cc4)c4c(C)cc(CCCC)cc4C)ccc2-3)c(C)c1.CCCCc1cc(C)c(N(c2ccccc2)c2ccc3c(c2)C24CCCC2(CCC4)c2cc(N(c4ccccc4)c4c(C)cc(CCCC)cc4C)ccc2-3)c(C)c1.[B]=NS. The van der Waals surface area contributed by atoms with E-state index < -0.39 is 0 Å². The van der Waals surface area contributed by atoms with E-state index in [-0.39, 0.29) is 21.7 Å². The molecule has 18 rings (SSSR count). The molecule has 12 aromatic carbocycles. The van der Waals surface area contributed by atoms with E-state index in [4.69, 9.17) is 0 Å². The van der Waals surface area contributed by atoms with Gasteiger partial charge < -0.3 is 19.6 Å². The van der Waals surface area contributed by atoms with E-state index in [0.29, 0.717) is 0 Å². The summed E-state index contributed by atoms with van der Waals surface area (Å²) in [5.74, 6) is 0. The average molecular weight is 1740 g/mol. The Morgan fingerprint density at radius 3 is 0.669 bits per heavy atom. The Hall–Kier alpha value is -8.99. The number of benzene rings is 12. The molecular formula is C112H123BBr2N5S. The van der Waals surface area contributed by atoms with Crippen molar-refractivity contribution in [3.63, 3.8) is 0 Å². The van der Waals surface area contributed by atoms with Gasteiger partial charge in [0.2, 0.25) is 0 Å². The van der Waals surface area contributed by atoms with Crippen molar-refractivity contribution in [1.29, 1.82) is 0 Å². The normalized spacial score (nSPS) is 18.5. The molecule has 619 valence electrons. The van der Waals surface area contributed by atoms with Crippen molar-refractivity contribution in [3.05, 3.63) is 328 Å². The van der Waals surface area contributed by atoms with Crippen LogP contribution in [0.4, 0.5) is 68.2 Å². The van der Waals surface area contributed by atoms with Gasteiger partial charge in [-0.2, -0.15) is 0 Å². The molecule has 121 heavy (non-hydrogen) atoms. The van der Waals surface area contributed by atoms with Crippen LogP contribution in [0.25, 0.3) is 22.3 Å². The summed E-state index contributed by atoms with van der Waals surface area (Å²) in [6, 6.07) is 89.7. The predicted molar refractivity (Wildman–Crippen MR) is 530 cm³/mol. The van der Waals surface area contributed by atoms with E-state index in [1.165, 1.54) is 286 Å². The number of thiol groups is 1. The Bertz CT molecular complexity index is 5310. The molecule has 0 bridgehead atoms. The second-order valence-corrected chi connectivity index (χ2v) is 38.5. The molecule has 0 N–H and O–H groups in total. The van der Waals surface area contributed by atoms with Gasteiger partial charge in [0.25, 0.3) is 0 Å². The monoisotopic (exact) mass is 1740 g/mol. The van der Waals surface area contributed by atoms with Crippen molar-refractivity contribution in [2.45, 2.75) is 259 Å². The molecule has 6 aliphatic rings. The Morgan fingerprint density at radius 1 is 0.281 bits per heavy atom. The van der Waals surface area contributed by atoms with Crippen LogP contribution >= 0.6 is 44.7 Å². The zero-order valence-corrected chi connectivity index (χ0v) is 78.0. The van der Waals surface area contributed by atoms with Gasteiger partial charge in [0.05, 0.1) is 22.7 Å². The number of para-hydroxylation sites is 2. The summed E-state index contributed by atoms with van der Waals surface area (Å²) in [4.78, 5) is 10.2. The van der Waals surface area contributed by atoms with Crippen LogP contribution < -0.4 is 19.6 Å². The van der Waals surface area contributed by atoms with Gasteiger partial charge in [0.15, 0.2) is 0 Å². The molecule has 0 aliphatic heterocycles. The first kappa shape index (κ1) is 85.6. The first-order valence-corrected chi connectivity index (χ1v) is 47.6. The van der Waals surface area contributed by atoms with Gasteiger partial charge >= 0.3 is 24.8 Å². The van der Waals surface area contributed by atoms with Crippen molar-refractivity contribution in [2.75, 3.05) is 19.6 Å². The quantitative estimate of drug-likeness (QED) is 0.0482. The zero-order chi connectivity index (χ0) is 84.5. The van der Waals surface area contributed by atoms with Crippen LogP contribution in [0.1, 0.15) is 245 Å². The van der Waals surface area contributed by atoms with Gasteiger partial charge in [-0.3, -0.25) is 0 Å². The molecule has 4 saturated carbocycles. The van der Waals surface area contributed by atoms with Gasteiger partial charge in [0, 0.05) is 76.1 Å². The number of rotatable bonds is 24. The molecule has 0 unspecified atom stereocenters. The average Bonchev–Trinajstić information content (AvgIpc) is 1.18. The van der Waals surface area contributed by atoms with E-state index in [2.05, 4.69) is 390 Å². The van der Waals surface area contributed by atoms with Crippen LogP contribution in [0.3, 0.4) is 0 Å². The molecule has 0 aromatic heterocycles. The Balaban J connectivity index is 0.000000174. The van der Waals surface area contributed by atoms with E-state index in [1.54, 1.807) is 22.3 Å². The van der Waals surface area contributed by atoms with Crippen LogP contribution in [0.2, 0.25) is 0 Å². The molecular weight excluding hydrogens is 1620 g/mol. The van der Waals surface area contributed by atoms with Crippen LogP contribution in [-0.2, 0) is 47.3 Å². The number of unbranched alkanes of at least 4 members (excludes halogenated alkanes) is 4. The molecule has 5 nitrogen and oxygen atoms in total. The fourth-order valence-electron chi connectivity index (χ4n) is 24.2. The summed E-state index contributed by atoms with van der Waals surface area (Å²) in [6.45, 7) is 27.7. The topological polar surface area (TPSA) is 25.3 Å². The third-order valence-electron chi connectivity index (χ3n) is 28.9. The van der Waals surface area contributed by atoms with Crippen molar-refractivity contribution < 1.29 is 0 Å². The number of hydrogen-bond acceptors (Lipinski definition) is 6. The van der Waals surface area contributed by atoms with E-state index in [1.807, 2.05) is 0 Å². The first-order chi connectivity index (χ1) is 58.8. The number of anilines is 12. The predicted octanol–water partition coefficient (Wildman–Crippen LogP) is 33.8. The maximum absolute atomic E-state index is 4.34. The van der Waals surface area contributed by atoms with E-state index in [9.17, 15) is 0 Å². The fraction of sp³-hybridized carbons (Fsp3) is 0.357. The summed E-state index contributed by atoms with van der Waals surface area (Å²) in [5.41, 5.74) is 44.4. The summed E-state index contributed by atoms with van der Waals surface area (Å²) in [6.07, 6.45) is 29.5. The number of nitrogens with zero attached hydrogens (tertiary/aromatic N) is 5. The van der Waals surface area contributed by atoms with Gasteiger partial charge in [-0.1, -0.05) is 220 Å². The van der Waals surface area contributed by atoms with Crippen LogP contribution in [0, 0.1) is 55.4 Å². The molecule has 1 radical (unpaired) electrons. The van der Waals surface area contributed by atoms with Crippen molar-refractivity contribution >= 4 is 121 Å². The Morgan fingerprint density at radius 2 is 0.471 bits per heavy atom. The van der Waals surface area contributed by atoms with Gasteiger partial charge in [-0.15, -0.1) is 0 Å². The second-order valence-electron chi connectivity index (χ2n) is 36.5. The van der Waals surface area contributed by atoms with Crippen LogP contribution in [0.15, 0.2) is 244 Å². The third-order valence-corrected chi connectivity index (χ3v) is 30.0. The molecule has 4 fully saturated rings. The van der Waals surface area contributed by atoms with Gasteiger partial charge in [-0.25, -0.2) is 0 Å². The van der Waals surface area contributed by atoms with Gasteiger partial charge in [0.1, 0.15) is 0 Å². The Kier molecular flexibility index (Phi) is 25.8. The first-order valence-electron chi connectivity index (χ1n) is 45.6. The fourth-order valence-corrected chi connectivity index (χ4v) is 24.7. The number of halogens is 2. The molecule has 0 atom stereocenters. The van der Waals surface area contributed by atoms with Gasteiger partial charge in [-0.05, 0) is 391 Å². The molecule has 0 spiro atoms. The number of fused-ring (bicyclic) bond motifs is 6. The molecule has 0 amide bonds. The Labute approximate surface area is 748 Å². The van der Waals surface area contributed by atoms with E-state index in [0.717, 1.165) is 34.6 Å². The summed E-state index contributed by atoms with van der Waals surface area (Å²) >= 11 is 10.7. The van der Waals surface area contributed by atoms with E-state index >= 15 is 0 Å². The second kappa shape index (κ2) is 36.4. The summed E-state index contributed by atoms with van der Waals surface area (Å²) in [7, 11) is 4.34. The molecule has 12 aromatic rings. The molecule has 0 heterocycles. The standard InChI is InChI=1S/C56H60Br2N2.C56H62N2.BHNS/c1-7-9-13-41-31-37(3)53(38(4)32-41)59(45-19-15-43(57)16-20-45)47-23-25-49-50-26-24-48(36-52(50)56-29-11-27-55(56,28-12-30-56)51(49)35-47)60(46-21-17-44(58)18-22-46)54-39(5)33-42(14-10-8-2)34-40(54)6;1-7-9-19-43-33-39(3)53(40(4)34-43)57(45-21-13-11-14-22-45)47-25-27-49-50-28-26-48(38-52(50)56-31-17-29-55(56,30-18-32-56)51(49)37-47)58(46-23-15-12-16-24-46)54-41(5)35-44(20-10-8-2)36-42(54)6;1-2-3/h15-26,31-36H,7-14,27-30H2,1-6H3;11-16,21-28,33-38H,7-10,17-20,29-32H2,1-6H3;3H. The minimum absolute atomic E-state index is 0.124. The summed E-state index contributed by atoms with van der Waals surface area (Å²) < 4.78 is 4.90. The van der Waals surface area contributed by atoms with Crippen molar-refractivity contribution in [1.82, 2.24) is 0 Å².